The van der Waals surface area contributed by atoms with Gasteiger partial charge in [-0.25, -0.2) is 9.18 Å². The number of benzene rings is 1. The Labute approximate surface area is 213 Å². The predicted molar refractivity (Wildman–Crippen MR) is 133 cm³/mol. The van der Waals surface area contributed by atoms with Gasteiger partial charge in [-0.2, -0.15) is 8.78 Å². The van der Waals surface area contributed by atoms with Crippen LogP contribution in [0.1, 0.15) is 38.8 Å². The van der Waals surface area contributed by atoms with Gasteiger partial charge in [-0.3, -0.25) is 9.88 Å². The Hall–Kier alpha value is -3.18. The molecule has 0 unspecified atom stereocenters. The monoisotopic (exact) mass is 526 g/mol. The molecule has 0 saturated heterocycles. The zero-order chi connectivity index (χ0) is 26.8. The Morgan fingerprint density at radius 2 is 1.83 bits per heavy atom. The predicted octanol–water partition coefficient (Wildman–Crippen LogP) is 5.90. The number of pyridine rings is 1. The van der Waals surface area contributed by atoms with Crippen molar-refractivity contribution in [2.75, 3.05) is 38.6 Å². The van der Waals surface area contributed by atoms with Gasteiger partial charge in [-0.05, 0) is 51.4 Å². The van der Waals surface area contributed by atoms with Crippen LogP contribution in [-0.4, -0.2) is 64.7 Å². The maximum Gasteiger partial charge on any atom is 0.324 e. The summed E-state index contributed by atoms with van der Waals surface area (Å²) in [6, 6.07) is 6.94. The standard InChI is InChI=1S/C22H24ClF3N6O2.C2H6/c1-4-31(10-9-30(2)3)22(33)32(16-7-8-18(24)17(23)11-16)13-15-6-5-14(12-27-15)20-28-29-21(34-20)19(25)26;1-2/h5-8,11-12,19H,4,9-10,13H2,1-3H3;1-2H3. The minimum absolute atomic E-state index is 0.0612. The van der Waals surface area contributed by atoms with E-state index in [-0.39, 0.29) is 23.5 Å². The van der Waals surface area contributed by atoms with Crippen LogP contribution in [0.3, 0.4) is 0 Å². The van der Waals surface area contributed by atoms with E-state index < -0.39 is 18.1 Å². The fourth-order valence-corrected chi connectivity index (χ4v) is 3.22. The molecule has 196 valence electrons. The zero-order valence-electron chi connectivity index (χ0n) is 20.9. The van der Waals surface area contributed by atoms with Crippen molar-refractivity contribution in [1.29, 1.82) is 0 Å². The third-order valence-electron chi connectivity index (χ3n) is 4.93. The smallest absolute Gasteiger partial charge is 0.324 e. The molecule has 0 radical (unpaired) electrons. The Morgan fingerprint density at radius 3 is 2.36 bits per heavy atom. The number of alkyl halides is 2. The molecule has 2 aromatic heterocycles. The summed E-state index contributed by atoms with van der Waals surface area (Å²) >= 11 is 5.97. The van der Waals surface area contributed by atoms with Crippen molar-refractivity contribution < 1.29 is 22.4 Å². The first-order chi connectivity index (χ1) is 17.2. The Balaban J connectivity index is 0.00000222. The van der Waals surface area contributed by atoms with Gasteiger partial charge in [-0.1, -0.05) is 25.4 Å². The van der Waals surface area contributed by atoms with E-state index in [4.69, 9.17) is 16.0 Å². The average Bonchev–Trinajstić information content (AvgIpc) is 3.37. The summed E-state index contributed by atoms with van der Waals surface area (Å²) in [4.78, 5) is 22.8. The number of aromatic nitrogens is 3. The molecule has 8 nitrogen and oxygen atoms in total. The van der Waals surface area contributed by atoms with Crippen molar-refractivity contribution in [2.24, 2.45) is 0 Å². The van der Waals surface area contributed by atoms with Gasteiger partial charge in [0.2, 0.25) is 5.89 Å². The summed E-state index contributed by atoms with van der Waals surface area (Å²) in [6.45, 7) is 7.55. The molecule has 0 saturated carbocycles. The van der Waals surface area contributed by atoms with Gasteiger partial charge < -0.3 is 14.2 Å². The topological polar surface area (TPSA) is 78.6 Å². The number of anilines is 1. The van der Waals surface area contributed by atoms with Crippen LogP contribution in [0.25, 0.3) is 11.5 Å². The van der Waals surface area contributed by atoms with Crippen LogP contribution in [0.5, 0.6) is 0 Å². The molecular weight excluding hydrogens is 497 g/mol. The molecular formula is C24H30ClF3N6O2. The molecule has 2 amide bonds. The first kappa shape index (κ1) is 29.1. The van der Waals surface area contributed by atoms with Crippen LogP contribution in [0.2, 0.25) is 5.02 Å². The number of carbonyl (C=O) groups excluding carboxylic acids is 1. The normalized spacial score (nSPS) is 10.9. The largest absolute Gasteiger partial charge is 0.415 e. The molecule has 0 spiro atoms. The van der Waals surface area contributed by atoms with Crippen LogP contribution in [0.15, 0.2) is 40.9 Å². The highest BCUT2D eigenvalue weighted by atomic mass is 35.5. The number of amides is 2. The zero-order valence-corrected chi connectivity index (χ0v) is 21.6. The Kier molecular flexibility index (Phi) is 11.1. The molecule has 3 rings (SSSR count). The van der Waals surface area contributed by atoms with E-state index in [1.54, 1.807) is 17.0 Å². The summed E-state index contributed by atoms with van der Waals surface area (Å²) in [7, 11) is 3.82. The number of hydrogen-bond donors (Lipinski definition) is 0. The quantitative estimate of drug-likeness (QED) is 0.345. The van der Waals surface area contributed by atoms with Gasteiger partial charge in [0.15, 0.2) is 0 Å². The molecule has 0 N–H and O–H groups in total. The van der Waals surface area contributed by atoms with Crippen molar-refractivity contribution in [3.63, 3.8) is 0 Å². The lowest BCUT2D eigenvalue weighted by Crippen LogP contribution is -2.45. The highest BCUT2D eigenvalue weighted by Crippen LogP contribution is 2.26. The number of hydrogen-bond acceptors (Lipinski definition) is 6. The molecule has 1 aromatic carbocycles. The van der Waals surface area contributed by atoms with Crippen molar-refractivity contribution in [3.8, 4) is 11.5 Å². The first-order valence-corrected chi connectivity index (χ1v) is 11.8. The van der Waals surface area contributed by atoms with Gasteiger partial charge in [0.1, 0.15) is 5.82 Å². The molecule has 3 aromatic rings. The second-order valence-corrected chi connectivity index (χ2v) is 8.04. The van der Waals surface area contributed by atoms with Crippen molar-refractivity contribution in [2.45, 2.75) is 33.7 Å². The van der Waals surface area contributed by atoms with Crippen molar-refractivity contribution >= 4 is 23.3 Å². The summed E-state index contributed by atoms with van der Waals surface area (Å²) < 4.78 is 44.1. The lowest BCUT2D eigenvalue weighted by molar-refractivity contribution is 0.116. The van der Waals surface area contributed by atoms with Crippen molar-refractivity contribution in [3.05, 3.63) is 59.0 Å². The van der Waals surface area contributed by atoms with Gasteiger partial charge >= 0.3 is 12.5 Å². The highest BCUT2D eigenvalue weighted by Gasteiger charge is 2.23. The molecule has 12 heteroatoms. The molecule has 0 fully saturated rings. The summed E-state index contributed by atoms with van der Waals surface area (Å²) in [5, 5.41) is 6.79. The van der Waals surface area contributed by atoms with Crippen LogP contribution >= 0.6 is 11.6 Å². The van der Waals surface area contributed by atoms with E-state index in [0.29, 0.717) is 36.6 Å². The van der Waals surface area contributed by atoms with Crippen LogP contribution in [0, 0.1) is 5.82 Å². The lowest BCUT2D eigenvalue weighted by atomic mass is 10.2. The number of urea groups is 1. The molecule has 0 aliphatic heterocycles. The minimum Gasteiger partial charge on any atom is -0.415 e. The maximum atomic E-state index is 13.8. The third-order valence-corrected chi connectivity index (χ3v) is 5.22. The average molecular weight is 527 g/mol. The third kappa shape index (κ3) is 7.66. The second-order valence-electron chi connectivity index (χ2n) is 7.63. The van der Waals surface area contributed by atoms with Gasteiger partial charge in [0, 0.05) is 31.5 Å². The number of likely N-dealkylation sites (N-methyl/N-ethyl adjacent to an activating group) is 2. The van der Waals surface area contributed by atoms with E-state index in [1.807, 2.05) is 39.8 Å². The van der Waals surface area contributed by atoms with Crippen LogP contribution in [-0.2, 0) is 6.54 Å². The van der Waals surface area contributed by atoms with Gasteiger partial charge in [0.05, 0.1) is 22.8 Å². The Bertz CT molecular complexity index is 1110. The number of halogens is 4. The first-order valence-electron chi connectivity index (χ1n) is 11.4. The summed E-state index contributed by atoms with van der Waals surface area (Å²) in [5.41, 5.74) is 1.26. The van der Waals surface area contributed by atoms with E-state index in [9.17, 15) is 18.0 Å². The lowest BCUT2D eigenvalue weighted by Gasteiger charge is -2.31. The molecule has 0 aliphatic carbocycles. The van der Waals surface area contributed by atoms with Gasteiger partial charge in [-0.15, -0.1) is 10.2 Å². The molecule has 0 bridgehead atoms. The molecule has 0 aliphatic rings. The fraction of sp³-hybridized carbons (Fsp3) is 0.417. The summed E-state index contributed by atoms with van der Waals surface area (Å²) in [5.74, 6) is -1.46. The van der Waals surface area contributed by atoms with E-state index in [2.05, 4.69) is 15.2 Å². The number of rotatable bonds is 9. The van der Waals surface area contributed by atoms with E-state index in [1.165, 1.54) is 29.3 Å². The number of carbonyl (C=O) groups is 1. The minimum atomic E-state index is -2.87. The highest BCUT2D eigenvalue weighted by molar-refractivity contribution is 6.31. The molecule has 0 atom stereocenters. The SMILES string of the molecule is CC.CCN(CCN(C)C)C(=O)N(Cc1ccc(-c2nnc(C(F)F)o2)cn1)c1ccc(F)c(Cl)c1. The Morgan fingerprint density at radius 1 is 1.11 bits per heavy atom. The number of nitrogens with zero attached hydrogens (tertiary/aromatic N) is 6. The van der Waals surface area contributed by atoms with Gasteiger partial charge in [0.25, 0.3) is 5.89 Å². The molecule has 2 heterocycles. The van der Waals surface area contributed by atoms with Crippen LogP contribution in [0.4, 0.5) is 23.7 Å². The van der Waals surface area contributed by atoms with Crippen LogP contribution < -0.4 is 4.90 Å². The fourth-order valence-electron chi connectivity index (χ4n) is 3.05. The van der Waals surface area contributed by atoms with E-state index in [0.717, 1.165) is 0 Å². The summed E-state index contributed by atoms with van der Waals surface area (Å²) in [6.07, 6.45) is -1.48. The maximum absolute atomic E-state index is 13.8. The van der Waals surface area contributed by atoms with E-state index >= 15 is 0 Å². The molecule has 36 heavy (non-hydrogen) atoms. The van der Waals surface area contributed by atoms with Crippen molar-refractivity contribution in [1.82, 2.24) is 25.0 Å². The second kappa shape index (κ2) is 13.8.